The smallest absolute Gasteiger partial charge is 0.0424 e. The van der Waals surface area contributed by atoms with Gasteiger partial charge in [-0.3, -0.25) is 4.90 Å². The SMILES string of the molecule is CCN(CC(N)c1ccccc1)C(C)C. The third kappa shape index (κ3) is 3.65. The van der Waals surface area contributed by atoms with Crippen LogP contribution in [0.15, 0.2) is 30.3 Å². The molecule has 0 aliphatic carbocycles. The van der Waals surface area contributed by atoms with E-state index in [0.717, 1.165) is 13.1 Å². The summed E-state index contributed by atoms with van der Waals surface area (Å²) in [5, 5.41) is 0. The van der Waals surface area contributed by atoms with Gasteiger partial charge in [-0.15, -0.1) is 0 Å². The number of hydrogen-bond acceptors (Lipinski definition) is 2. The number of hydrogen-bond donors (Lipinski definition) is 1. The van der Waals surface area contributed by atoms with Crippen LogP contribution < -0.4 is 5.73 Å². The molecule has 0 heterocycles. The Morgan fingerprint density at radius 3 is 2.27 bits per heavy atom. The van der Waals surface area contributed by atoms with Gasteiger partial charge in [0.15, 0.2) is 0 Å². The van der Waals surface area contributed by atoms with Crippen LogP contribution >= 0.6 is 0 Å². The summed E-state index contributed by atoms with van der Waals surface area (Å²) in [4.78, 5) is 2.39. The molecule has 1 atom stereocenters. The highest BCUT2D eigenvalue weighted by Gasteiger charge is 2.12. The molecule has 1 aromatic rings. The standard InChI is InChI=1S/C13H22N2/c1-4-15(11(2)3)10-13(14)12-8-6-5-7-9-12/h5-9,11,13H,4,10,14H2,1-3H3. The second kappa shape index (κ2) is 5.89. The molecule has 0 aromatic heterocycles. The third-order valence-corrected chi connectivity index (χ3v) is 2.80. The number of nitrogens with zero attached hydrogens (tertiary/aromatic N) is 1. The molecule has 0 bridgehead atoms. The summed E-state index contributed by atoms with van der Waals surface area (Å²) in [5.74, 6) is 0. The van der Waals surface area contributed by atoms with Gasteiger partial charge in [0.2, 0.25) is 0 Å². The molecular weight excluding hydrogens is 184 g/mol. The maximum Gasteiger partial charge on any atom is 0.0424 e. The maximum absolute atomic E-state index is 6.17. The molecule has 0 fully saturated rings. The van der Waals surface area contributed by atoms with E-state index in [-0.39, 0.29) is 6.04 Å². The first-order chi connectivity index (χ1) is 7.15. The quantitative estimate of drug-likeness (QED) is 0.801. The molecule has 2 nitrogen and oxygen atoms in total. The van der Waals surface area contributed by atoms with Crippen molar-refractivity contribution >= 4 is 0 Å². The summed E-state index contributed by atoms with van der Waals surface area (Å²) in [6.45, 7) is 8.58. The summed E-state index contributed by atoms with van der Waals surface area (Å²) in [6, 6.07) is 11.0. The predicted octanol–water partition coefficient (Wildman–Crippen LogP) is 2.42. The van der Waals surface area contributed by atoms with Crippen LogP contribution in [0, 0.1) is 0 Å². The van der Waals surface area contributed by atoms with E-state index in [1.807, 2.05) is 18.2 Å². The van der Waals surface area contributed by atoms with E-state index in [1.165, 1.54) is 5.56 Å². The molecule has 1 unspecified atom stereocenters. The normalized spacial score (nSPS) is 13.5. The highest BCUT2D eigenvalue weighted by Crippen LogP contribution is 2.12. The Balaban J connectivity index is 2.58. The zero-order valence-electron chi connectivity index (χ0n) is 9.98. The fraction of sp³-hybridized carbons (Fsp3) is 0.538. The maximum atomic E-state index is 6.17. The van der Waals surface area contributed by atoms with E-state index < -0.39 is 0 Å². The van der Waals surface area contributed by atoms with Crippen LogP contribution in [-0.4, -0.2) is 24.0 Å². The van der Waals surface area contributed by atoms with Gasteiger partial charge in [-0.2, -0.15) is 0 Å². The van der Waals surface area contributed by atoms with Crippen molar-refractivity contribution in [2.24, 2.45) is 5.73 Å². The average Bonchev–Trinajstić information content (AvgIpc) is 2.26. The van der Waals surface area contributed by atoms with E-state index in [9.17, 15) is 0 Å². The number of nitrogens with two attached hydrogens (primary N) is 1. The average molecular weight is 206 g/mol. The predicted molar refractivity (Wildman–Crippen MR) is 65.8 cm³/mol. The summed E-state index contributed by atoms with van der Waals surface area (Å²) < 4.78 is 0. The lowest BCUT2D eigenvalue weighted by Gasteiger charge is -2.28. The topological polar surface area (TPSA) is 29.3 Å². The molecule has 2 N–H and O–H groups in total. The lowest BCUT2D eigenvalue weighted by molar-refractivity contribution is 0.220. The van der Waals surface area contributed by atoms with Gasteiger partial charge in [0.1, 0.15) is 0 Å². The van der Waals surface area contributed by atoms with Crippen molar-refractivity contribution in [3.05, 3.63) is 35.9 Å². The minimum Gasteiger partial charge on any atom is -0.323 e. The van der Waals surface area contributed by atoms with Crippen LogP contribution in [-0.2, 0) is 0 Å². The Bertz CT molecular complexity index is 269. The van der Waals surface area contributed by atoms with E-state index in [0.29, 0.717) is 6.04 Å². The van der Waals surface area contributed by atoms with Gasteiger partial charge < -0.3 is 5.73 Å². The van der Waals surface area contributed by atoms with Gasteiger partial charge in [-0.25, -0.2) is 0 Å². The van der Waals surface area contributed by atoms with Crippen LogP contribution in [0.3, 0.4) is 0 Å². The lowest BCUT2D eigenvalue weighted by Crippen LogP contribution is -2.36. The van der Waals surface area contributed by atoms with Crippen LogP contribution in [0.25, 0.3) is 0 Å². The summed E-state index contributed by atoms with van der Waals surface area (Å²) in [5.41, 5.74) is 7.39. The molecule has 0 saturated heterocycles. The fourth-order valence-corrected chi connectivity index (χ4v) is 1.76. The Kier molecular flexibility index (Phi) is 4.79. The van der Waals surface area contributed by atoms with E-state index in [1.54, 1.807) is 0 Å². The first-order valence-corrected chi connectivity index (χ1v) is 5.69. The zero-order chi connectivity index (χ0) is 11.3. The minimum atomic E-state index is 0.119. The molecule has 0 spiro atoms. The van der Waals surface area contributed by atoms with E-state index >= 15 is 0 Å². The Morgan fingerprint density at radius 2 is 1.80 bits per heavy atom. The molecule has 84 valence electrons. The molecule has 0 radical (unpaired) electrons. The molecular formula is C13H22N2. The lowest BCUT2D eigenvalue weighted by atomic mass is 10.1. The number of benzene rings is 1. The van der Waals surface area contributed by atoms with Gasteiger partial charge in [0.05, 0.1) is 0 Å². The summed E-state index contributed by atoms with van der Waals surface area (Å²) >= 11 is 0. The largest absolute Gasteiger partial charge is 0.323 e. The van der Waals surface area contributed by atoms with E-state index in [2.05, 4.69) is 37.8 Å². The number of likely N-dealkylation sites (N-methyl/N-ethyl adjacent to an activating group) is 1. The van der Waals surface area contributed by atoms with Crippen molar-refractivity contribution in [1.29, 1.82) is 0 Å². The van der Waals surface area contributed by atoms with Crippen molar-refractivity contribution in [3.63, 3.8) is 0 Å². The third-order valence-electron chi connectivity index (χ3n) is 2.80. The molecule has 1 aromatic carbocycles. The molecule has 0 aliphatic heterocycles. The summed E-state index contributed by atoms with van der Waals surface area (Å²) in [7, 11) is 0. The Morgan fingerprint density at radius 1 is 1.20 bits per heavy atom. The second-order valence-corrected chi connectivity index (χ2v) is 4.20. The highest BCUT2D eigenvalue weighted by atomic mass is 15.1. The number of rotatable bonds is 5. The fourth-order valence-electron chi connectivity index (χ4n) is 1.76. The van der Waals surface area contributed by atoms with Crippen molar-refractivity contribution < 1.29 is 0 Å². The highest BCUT2D eigenvalue weighted by molar-refractivity contribution is 5.18. The van der Waals surface area contributed by atoms with Crippen molar-refractivity contribution in [1.82, 2.24) is 4.90 Å². The molecule has 0 saturated carbocycles. The zero-order valence-corrected chi connectivity index (χ0v) is 9.98. The van der Waals surface area contributed by atoms with Crippen LogP contribution in [0.4, 0.5) is 0 Å². The van der Waals surface area contributed by atoms with Crippen LogP contribution in [0.5, 0.6) is 0 Å². The van der Waals surface area contributed by atoms with E-state index in [4.69, 9.17) is 5.73 Å². The molecule has 0 aliphatic rings. The summed E-state index contributed by atoms with van der Waals surface area (Å²) in [6.07, 6.45) is 0. The Labute approximate surface area is 93.1 Å². The van der Waals surface area contributed by atoms with Gasteiger partial charge in [-0.1, -0.05) is 37.3 Å². The molecule has 0 amide bonds. The van der Waals surface area contributed by atoms with Crippen LogP contribution in [0.2, 0.25) is 0 Å². The van der Waals surface area contributed by atoms with Crippen molar-refractivity contribution in [3.8, 4) is 0 Å². The van der Waals surface area contributed by atoms with Crippen molar-refractivity contribution in [2.75, 3.05) is 13.1 Å². The monoisotopic (exact) mass is 206 g/mol. The second-order valence-electron chi connectivity index (χ2n) is 4.20. The van der Waals surface area contributed by atoms with Gasteiger partial charge in [-0.05, 0) is 26.0 Å². The minimum absolute atomic E-state index is 0.119. The Hall–Kier alpha value is -0.860. The van der Waals surface area contributed by atoms with Gasteiger partial charge >= 0.3 is 0 Å². The van der Waals surface area contributed by atoms with Gasteiger partial charge in [0, 0.05) is 18.6 Å². The molecule has 2 heteroatoms. The van der Waals surface area contributed by atoms with Crippen molar-refractivity contribution in [2.45, 2.75) is 32.9 Å². The molecule has 15 heavy (non-hydrogen) atoms. The first-order valence-electron chi connectivity index (χ1n) is 5.69. The first kappa shape index (κ1) is 12.2. The molecule has 1 rings (SSSR count). The van der Waals surface area contributed by atoms with Crippen LogP contribution in [0.1, 0.15) is 32.4 Å². The van der Waals surface area contributed by atoms with Gasteiger partial charge in [0.25, 0.3) is 0 Å².